The van der Waals surface area contributed by atoms with Crippen LogP contribution in [0.2, 0.25) is 5.02 Å². The Morgan fingerprint density at radius 2 is 1.82 bits per heavy atom. The zero-order valence-electron chi connectivity index (χ0n) is 17.2. The molecule has 4 aromatic rings. The summed E-state index contributed by atoms with van der Waals surface area (Å²) in [4.78, 5) is 36.3. The van der Waals surface area contributed by atoms with Crippen LogP contribution in [-0.2, 0) is 9.59 Å². The number of aliphatic hydroxyl groups is 1. The van der Waals surface area contributed by atoms with Crippen molar-refractivity contribution >= 4 is 55.7 Å². The first kappa shape index (κ1) is 21.1. The minimum atomic E-state index is -0.869. The summed E-state index contributed by atoms with van der Waals surface area (Å²) in [6.07, 6.45) is 3.14. The lowest BCUT2D eigenvalue weighted by molar-refractivity contribution is -0.132. The monoisotopic (exact) mass is 477 g/mol. The second-order valence-corrected chi connectivity index (χ2v) is 8.73. The average molecular weight is 478 g/mol. The number of amides is 1. The summed E-state index contributed by atoms with van der Waals surface area (Å²) in [5, 5.41) is 12.0. The molecule has 1 aliphatic heterocycles. The number of anilines is 1. The third-order valence-electron chi connectivity index (χ3n) is 5.37. The number of hydrogen-bond donors (Lipinski definition) is 1. The van der Waals surface area contributed by atoms with Crippen molar-refractivity contribution in [3.05, 3.63) is 88.7 Å². The third kappa shape index (κ3) is 3.63. The standard InChI is InChI=1S/C24H16ClN3O4S/c1-32-16-5-2-14(3-6-16)21(29)19-20(13-8-10-26-11-9-13)28(23(31)22(19)30)24-27-17-7-4-15(25)12-18(17)33-24/h2-12,20,29H,1H3/b21-19+. The van der Waals surface area contributed by atoms with E-state index >= 15 is 0 Å². The highest BCUT2D eigenvalue weighted by Crippen LogP contribution is 2.44. The fourth-order valence-electron chi connectivity index (χ4n) is 3.78. The Hall–Kier alpha value is -3.75. The maximum atomic E-state index is 13.2. The fourth-order valence-corrected chi connectivity index (χ4v) is 5.05. The highest BCUT2D eigenvalue weighted by atomic mass is 35.5. The van der Waals surface area contributed by atoms with E-state index in [0.29, 0.717) is 32.5 Å². The Kier molecular flexibility index (Phi) is 5.32. The molecule has 2 aromatic carbocycles. The number of benzene rings is 2. The minimum absolute atomic E-state index is 0.0198. The van der Waals surface area contributed by atoms with Crippen LogP contribution in [0, 0.1) is 0 Å². The predicted octanol–water partition coefficient (Wildman–Crippen LogP) is 4.98. The Bertz CT molecular complexity index is 1420. The van der Waals surface area contributed by atoms with E-state index in [4.69, 9.17) is 16.3 Å². The molecule has 0 bridgehead atoms. The van der Waals surface area contributed by atoms with E-state index in [0.717, 1.165) is 4.70 Å². The predicted molar refractivity (Wildman–Crippen MR) is 127 cm³/mol. The molecule has 2 aromatic heterocycles. The van der Waals surface area contributed by atoms with Crippen molar-refractivity contribution in [3.63, 3.8) is 0 Å². The molecule has 5 rings (SSSR count). The molecule has 0 spiro atoms. The van der Waals surface area contributed by atoms with Crippen LogP contribution in [0.25, 0.3) is 16.0 Å². The number of carbonyl (C=O) groups excluding carboxylic acids is 2. The molecule has 7 nitrogen and oxygen atoms in total. The van der Waals surface area contributed by atoms with Gasteiger partial charge in [0.15, 0.2) is 5.13 Å². The second kappa shape index (κ2) is 8.31. The van der Waals surface area contributed by atoms with Crippen molar-refractivity contribution < 1.29 is 19.4 Å². The number of fused-ring (bicyclic) bond motifs is 1. The zero-order chi connectivity index (χ0) is 23.1. The van der Waals surface area contributed by atoms with Gasteiger partial charge in [0.05, 0.1) is 28.9 Å². The van der Waals surface area contributed by atoms with Gasteiger partial charge < -0.3 is 9.84 Å². The Labute approximate surface area is 197 Å². The van der Waals surface area contributed by atoms with Crippen LogP contribution in [0.1, 0.15) is 17.2 Å². The summed E-state index contributed by atoms with van der Waals surface area (Å²) in [6.45, 7) is 0. The van der Waals surface area contributed by atoms with Crippen molar-refractivity contribution in [2.24, 2.45) is 0 Å². The molecular weight excluding hydrogens is 462 g/mol. The molecule has 3 heterocycles. The maximum Gasteiger partial charge on any atom is 0.301 e. The normalized spacial score (nSPS) is 17.6. The molecule has 0 radical (unpaired) electrons. The van der Waals surface area contributed by atoms with Crippen molar-refractivity contribution in [2.45, 2.75) is 6.04 Å². The van der Waals surface area contributed by atoms with Gasteiger partial charge in [0, 0.05) is 23.0 Å². The van der Waals surface area contributed by atoms with E-state index in [1.807, 2.05) is 0 Å². The topological polar surface area (TPSA) is 92.6 Å². The van der Waals surface area contributed by atoms with Gasteiger partial charge in [0.2, 0.25) is 0 Å². The number of aliphatic hydroxyl groups excluding tert-OH is 1. The molecule has 1 aliphatic rings. The number of thiazole rings is 1. The van der Waals surface area contributed by atoms with Gasteiger partial charge in [-0.15, -0.1) is 0 Å². The highest BCUT2D eigenvalue weighted by molar-refractivity contribution is 7.22. The first-order valence-electron chi connectivity index (χ1n) is 9.89. The minimum Gasteiger partial charge on any atom is -0.507 e. The molecule has 0 saturated carbocycles. The van der Waals surface area contributed by atoms with Crippen molar-refractivity contribution in [1.82, 2.24) is 9.97 Å². The van der Waals surface area contributed by atoms with E-state index in [1.54, 1.807) is 67.0 Å². The Morgan fingerprint density at radius 1 is 1.09 bits per heavy atom. The van der Waals surface area contributed by atoms with E-state index in [9.17, 15) is 14.7 Å². The number of aromatic nitrogens is 2. The number of pyridine rings is 1. The number of nitrogens with zero attached hydrogens (tertiary/aromatic N) is 3. The van der Waals surface area contributed by atoms with Crippen LogP contribution in [0.4, 0.5) is 5.13 Å². The fraction of sp³-hybridized carbons (Fsp3) is 0.0833. The zero-order valence-corrected chi connectivity index (χ0v) is 18.8. The first-order valence-corrected chi connectivity index (χ1v) is 11.1. The van der Waals surface area contributed by atoms with Crippen molar-refractivity contribution in [1.29, 1.82) is 0 Å². The van der Waals surface area contributed by atoms with Gasteiger partial charge in [0.1, 0.15) is 11.5 Å². The molecule has 164 valence electrons. The van der Waals surface area contributed by atoms with Gasteiger partial charge in [-0.3, -0.25) is 19.5 Å². The summed E-state index contributed by atoms with van der Waals surface area (Å²) in [5.41, 5.74) is 1.65. The number of hydrogen-bond acceptors (Lipinski definition) is 7. The molecule has 1 atom stereocenters. The van der Waals surface area contributed by atoms with Gasteiger partial charge in [0.25, 0.3) is 5.78 Å². The number of Topliss-reactive ketones (excluding diaryl/α,β-unsaturated/α-hetero) is 1. The van der Waals surface area contributed by atoms with Crippen LogP contribution in [0.15, 0.2) is 72.6 Å². The number of methoxy groups -OCH3 is 1. The SMILES string of the molecule is COc1ccc(/C(O)=C2\C(=O)C(=O)N(c3nc4ccc(Cl)cc4s3)C2c2ccncc2)cc1. The van der Waals surface area contributed by atoms with E-state index < -0.39 is 17.7 Å². The number of ketones is 1. The number of ether oxygens (including phenoxy) is 1. The summed E-state index contributed by atoms with van der Waals surface area (Å²) in [5.74, 6) is -1.23. The largest absolute Gasteiger partial charge is 0.507 e. The lowest BCUT2D eigenvalue weighted by atomic mass is 9.96. The van der Waals surface area contributed by atoms with Crippen LogP contribution < -0.4 is 9.64 Å². The van der Waals surface area contributed by atoms with Gasteiger partial charge >= 0.3 is 5.91 Å². The molecule has 1 saturated heterocycles. The summed E-state index contributed by atoms with van der Waals surface area (Å²) in [7, 11) is 1.54. The van der Waals surface area contributed by atoms with Crippen molar-refractivity contribution in [3.8, 4) is 5.75 Å². The lowest BCUT2D eigenvalue weighted by Crippen LogP contribution is -2.29. The van der Waals surface area contributed by atoms with Gasteiger partial charge in [-0.25, -0.2) is 4.98 Å². The van der Waals surface area contributed by atoms with Gasteiger partial charge in [-0.2, -0.15) is 0 Å². The molecule has 9 heteroatoms. The van der Waals surface area contributed by atoms with Crippen molar-refractivity contribution in [2.75, 3.05) is 12.0 Å². The number of halogens is 1. The molecular formula is C24H16ClN3O4S. The van der Waals surface area contributed by atoms with E-state index in [-0.39, 0.29) is 11.3 Å². The van der Waals surface area contributed by atoms with Crippen LogP contribution in [0.5, 0.6) is 5.75 Å². The number of rotatable bonds is 4. The first-order chi connectivity index (χ1) is 16.0. The lowest BCUT2D eigenvalue weighted by Gasteiger charge is -2.22. The molecule has 1 fully saturated rings. The molecule has 0 aliphatic carbocycles. The summed E-state index contributed by atoms with van der Waals surface area (Å²) >= 11 is 7.35. The van der Waals surface area contributed by atoms with Crippen LogP contribution >= 0.6 is 22.9 Å². The summed E-state index contributed by atoms with van der Waals surface area (Å²) < 4.78 is 5.95. The Morgan fingerprint density at radius 3 is 2.52 bits per heavy atom. The quantitative estimate of drug-likeness (QED) is 0.253. The smallest absolute Gasteiger partial charge is 0.301 e. The molecule has 1 amide bonds. The van der Waals surface area contributed by atoms with Gasteiger partial charge in [-0.1, -0.05) is 22.9 Å². The average Bonchev–Trinajstić information content (AvgIpc) is 3.37. The molecule has 33 heavy (non-hydrogen) atoms. The van der Waals surface area contributed by atoms with E-state index in [1.165, 1.54) is 23.3 Å². The molecule has 1 unspecified atom stereocenters. The molecule has 1 N–H and O–H groups in total. The maximum absolute atomic E-state index is 13.2. The second-order valence-electron chi connectivity index (χ2n) is 7.29. The van der Waals surface area contributed by atoms with Crippen LogP contribution in [0.3, 0.4) is 0 Å². The van der Waals surface area contributed by atoms with E-state index in [2.05, 4.69) is 9.97 Å². The highest BCUT2D eigenvalue weighted by Gasteiger charge is 2.48. The van der Waals surface area contributed by atoms with Gasteiger partial charge in [-0.05, 0) is 60.2 Å². The summed E-state index contributed by atoms with van der Waals surface area (Å²) in [6, 6.07) is 14.4. The Balaban J connectivity index is 1.70. The number of carbonyl (C=O) groups is 2. The third-order valence-corrected chi connectivity index (χ3v) is 6.63. The van der Waals surface area contributed by atoms with Crippen LogP contribution in [-0.4, -0.2) is 33.9 Å².